The maximum atomic E-state index is 12.4. The third-order valence-electron chi connectivity index (χ3n) is 9.52. The summed E-state index contributed by atoms with van der Waals surface area (Å²) in [5.41, 5.74) is 0.713. The van der Waals surface area contributed by atoms with Crippen molar-refractivity contribution in [1.29, 1.82) is 0 Å². The van der Waals surface area contributed by atoms with Gasteiger partial charge in [-0.3, -0.25) is 19.3 Å². The summed E-state index contributed by atoms with van der Waals surface area (Å²) in [5, 5.41) is 22.1. The quantitative estimate of drug-likeness (QED) is 0.180. The highest BCUT2D eigenvalue weighted by Gasteiger charge is 2.69. The van der Waals surface area contributed by atoms with Crippen molar-refractivity contribution in [3.05, 3.63) is 0 Å². The van der Waals surface area contributed by atoms with Gasteiger partial charge in [-0.25, -0.2) is 0 Å². The summed E-state index contributed by atoms with van der Waals surface area (Å²) < 4.78 is 0. The SMILES string of the molecule is CC(C)C(=O)CCNC1(CNC(=O)CNCC(O)NC(=O)CCCN2C3(CC3)CC(C(C)C)C23CC3)CC1. The van der Waals surface area contributed by atoms with Crippen LogP contribution in [-0.4, -0.2) is 83.2 Å². The normalized spacial score (nSPS) is 24.7. The number of aliphatic hydroxyl groups excluding tert-OH is 1. The molecule has 0 aromatic carbocycles. The molecule has 2 atom stereocenters. The molecule has 3 saturated carbocycles. The Bertz CT molecular complexity index is 863. The van der Waals surface area contributed by atoms with Crippen LogP contribution in [0.15, 0.2) is 0 Å². The summed E-state index contributed by atoms with van der Waals surface area (Å²) in [6.07, 6.45) is 9.22. The van der Waals surface area contributed by atoms with Gasteiger partial charge in [0.15, 0.2) is 0 Å². The number of ketones is 1. The number of hydrogen-bond acceptors (Lipinski definition) is 7. The second-order valence-electron chi connectivity index (χ2n) is 13.2. The van der Waals surface area contributed by atoms with E-state index in [-0.39, 0.29) is 42.1 Å². The summed E-state index contributed by atoms with van der Waals surface area (Å²) in [6.45, 7) is 10.9. The Balaban J connectivity index is 1.05. The van der Waals surface area contributed by atoms with Crippen LogP contribution in [0.3, 0.4) is 0 Å². The highest BCUT2D eigenvalue weighted by Crippen LogP contribution is 2.67. The Morgan fingerprint density at radius 3 is 2.26 bits per heavy atom. The predicted molar refractivity (Wildman–Crippen MR) is 147 cm³/mol. The van der Waals surface area contributed by atoms with E-state index >= 15 is 0 Å². The maximum absolute atomic E-state index is 12.4. The van der Waals surface area contributed by atoms with E-state index in [1.54, 1.807) is 0 Å². The van der Waals surface area contributed by atoms with Gasteiger partial charge in [-0.2, -0.15) is 0 Å². The summed E-state index contributed by atoms with van der Waals surface area (Å²) in [6, 6.07) is 0. The van der Waals surface area contributed by atoms with Crippen LogP contribution in [-0.2, 0) is 14.4 Å². The molecule has 9 nitrogen and oxygen atoms in total. The van der Waals surface area contributed by atoms with Gasteiger partial charge in [0, 0.05) is 55.0 Å². The number of nitrogens with zero attached hydrogens (tertiary/aromatic N) is 1. The molecule has 4 aliphatic rings. The lowest BCUT2D eigenvalue weighted by atomic mass is 9.85. The van der Waals surface area contributed by atoms with Gasteiger partial charge >= 0.3 is 0 Å². The van der Waals surface area contributed by atoms with Gasteiger partial charge in [-0.05, 0) is 69.7 Å². The van der Waals surface area contributed by atoms with Crippen molar-refractivity contribution in [1.82, 2.24) is 26.2 Å². The molecule has 38 heavy (non-hydrogen) atoms. The Labute approximate surface area is 228 Å². The van der Waals surface area contributed by atoms with E-state index in [0.29, 0.717) is 42.9 Å². The average Bonchev–Trinajstić information content (AvgIpc) is 3.74. The van der Waals surface area contributed by atoms with Crippen molar-refractivity contribution < 1.29 is 19.5 Å². The van der Waals surface area contributed by atoms with Gasteiger partial charge < -0.3 is 26.4 Å². The van der Waals surface area contributed by atoms with Crippen LogP contribution in [0.1, 0.15) is 91.9 Å². The molecule has 2 spiro atoms. The van der Waals surface area contributed by atoms with Crippen LogP contribution in [0.5, 0.6) is 0 Å². The molecule has 1 saturated heterocycles. The third kappa shape index (κ3) is 7.14. The van der Waals surface area contributed by atoms with E-state index in [9.17, 15) is 19.5 Å². The molecular weight excluding hydrogens is 482 g/mol. The topological polar surface area (TPSA) is 123 Å². The van der Waals surface area contributed by atoms with E-state index < -0.39 is 6.23 Å². The Morgan fingerprint density at radius 1 is 0.974 bits per heavy atom. The van der Waals surface area contributed by atoms with Gasteiger partial charge in [-0.1, -0.05) is 27.7 Å². The fourth-order valence-electron chi connectivity index (χ4n) is 6.75. The number of aliphatic hydroxyl groups is 1. The summed E-state index contributed by atoms with van der Waals surface area (Å²) >= 11 is 0. The highest BCUT2D eigenvalue weighted by molar-refractivity contribution is 5.80. The number of amides is 2. The lowest BCUT2D eigenvalue weighted by Gasteiger charge is -2.33. The number of carbonyl (C=O) groups excluding carboxylic acids is 3. The first-order chi connectivity index (χ1) is 18.0. The number of likely N-dealkylation sites (tertiary alicyclic amines) is 1. The van der Waals surface area contributed by atoms with Crippen LogP contribution in [0, 0.1) is 17.8 Å². The lowest BCUT2D eigenvalue weighted by Crippen LogP contribution is -2.48. The Hall–Kier alpha value is -1.55. The summed E-state index contributed by atoms with van der Waals surface area (Å²) in [4.78, 5) is 39.2. The van der Waals surface area contributed by atoms with Crippen LogP contribution < -0.4 is 21.3 Å². The third-order valence-corrected chi connectivity index (χ3v) is 9.52. The molecule has 1 heterocycles. The number of Topliss-reactive ketones (excluding diaryl/α,β-unsaturated/α-hetero) is 1. The molecule has 5 N–H and O–H groups in total. The molecule has 9 heteroatoms. The first-order valence-electron chi connectivity index (χ1n) is 15.0. The van der Waals surface area contributed by atoms with Crippen LogP contribution in [0.25, 0.3) is 0 Å². The zero-order valence-corrected chi connectivity index (χ0v) is 24.0. The lowest BCUT2D eigenvalue weighted by molar-refractivity contribution is -0.124. The van der Waals surface area contributed by atoms with Gasteiger partial charge in [0.25, 0.3) is 0 Å². The zero-order chi connectivity index (χ0) is 27.6. The molecule has 216 valence electrons. The first-order valence-corrected chi connectivity index (χ1v) is 15.0. The molecule has 4 rings (SSSR count). The average molecular weight is 534 g/mol. The molecule has 0 aromatic rings. The number of carbonyl (C=O) groups is 3. The van der Waals surface area contributed by atoms with Crippen molar-refractivity contribution in [2.45, 2.75) is 115 Å². The van der Waals surface area contributed by atoms with E-state index in [1.807, 2.05) is 13.8 Å². The van der Waals surface area contributed by atoms with Crippen LogP contribution in [0.2, 0.25) is 0 Å². The van der Waals surface area contributed by atoms with Crippen LogP contribution >= 0.6 is 0 Å². The molecule has 0 radical (unpaired) electrons. The fourth-order valence-corrected chi connectivity index (χ4v) is 6.75. The zero-order valence-electron chi connectivity index (χ0n) is 24.0. The largest absolute Gasteiger partial charge is 0.372 e. The Kier molecular flexibility index (Phi) is 9.22. The summed E-state index contributed by atoms with van der Waals surface area (Å²) in [7, 11) is 0. The monoisotopic (exact) mass is 533 g/mol. The molecule has 0 aromatic heterocycles. The van der Waals surface area contributed by atoms with Crippen molar-refractivity contribution in [3.8, 4) is 0 Å². The van der Waals surface area contributed by atoms with Crippen molar-refractivity contribution in [3.63, 3.8) is 0 Å². The minimum absolute atomic E-state index is 0.0511. The highest BCUT2D eigenvalue weighted by atomic mass is 16.3. The molecule has 4 fully saturated rings. The summed E-state index contributed by atoms with van der Waals surface area (Å²) in [5.74, 6) is 1.51. The van der Waals surface area contributed by atoms with Gasteiger partial charge in [0.1, 0.15) is 12.0 Å². The minimum Gasteiger partial charge on any atom is -0.372 e. The number of nitrogens with one attached hydrogen (secondary N) is 4. The van der Waals surface area contributed by atoms with E-state index in [0.717, 1.165) is 31.7 Å². The standard InChI is InChI=1S/C29H51N5O4/c1-20(2)22-16-28(10-11-28)34(29(22)12-13-29)15-5-6-24(36)33-26(38)18-30-17-25(37)31-19-27(8-9-27)32-14-7-23(35)21(3)4/h20-22,26,30,32,38H,5-19H2,1-4H3,(H,31,37)(H,33,36). The van der Waals surface area contributed by atoms with Crippen molar-refractivity contribution in [2.75, 3.05) is 32.7 Å². The van der Waals surface area contributed by atoms with Crippen molar-refractivity contribution in [2.24, 2.45) is 17.8 Å². The number of rotatable bonds is 17. The molecule has 3 aliphatic carbocycles. The Morgan fingerprint density at radius 2 is 1.68 bits per heavy atom. The maximum Gasteiger partial charge on any atom is 0.234 e. The molecule has 0 bridgehead atoms. The first kappa shape index (κ1) is 29.4. The van der Waals surface area contributed by atoms with Crippen LogP contribution in [0.4, 0.5) is 0 Å². The predicted octanol–water partition coefficient (Wildman–Crippen LogP) is 1.69. The van der Waals surface area contributed by atoms with E-state index in [2.05, 4.69) is 40.0 Å². The second-order valence-corrected chi connectivity index (χ2v) is 13.2. The van der Waals surface area contributed by atoms with Gasteiger partial charge in [-0.15, -0.1) is 0 Å². The molecular formula is C29H51N5O4. The molecule has 2 amide bonds. The van der Waals surface area contributed by atoms with E-state index in [1.165, 1.54) is 32.1 Å². The minimum atomic E-state index is -1.02. The van der Waals surface area contributed by atoms with Gasteiger partial charge in [0.2, 0.25) is 11.8 Å². The smallest absolute Gasteiger partial charge is 0.234 e. The van der Waals surface area contributed by atoms with Gasteiger partial charge in [0.05, 0.1) is 6.54 Å². The van der Waals surface area contributed by atoms with Crippen molar-refractivity contribution >= 4 is 17.6 Å². The number of hydrogen-bond donors (Lipinski definition) is 5. The van der Waals surface area contributed by atoms with E-state index in [4.69, 9.17) is 0 Å². The fraction of sp³-hybridized carbons (Fsp3) is 0.897. The molecule has 1 aliphatic heterocycles. The second kappa shape index (κ2) is 11.9. The molecule has 2 unspecified atom stereocenters.